The quantitative estimate of drug-likeness (QED) is 0.160. The number of carbonyl (C=O) groups is 2. The Labute approximate surface area is 232 Å². The lowest BCUT2D eigenvalue weighted by molar-refractivity contribution is -0.136. The van der Waals surface area contributed by atoms with Crippen molar-refractivity contribution in [3.05, 3.63) is 138 Å². The van der Waals surface area contributed by atoms with E-state index in [0.29, 0.717) is 5.39 Å². The summed E-state index contributed by atoms with van der Waals surface area (Å²) < 4.78 is 11.7. The van der Waals surface area contributed by atoms with Crippen LogP contribution in [-0.4, -0.2) is 35.4 Å². The fourth-order valence-electron chi connectivity index (χ4n) is 4.49. The molecule has 0 saturated carbocycles. The number of nitrogens with zero attached hydrogens (tertiary/aromatic N) is 3. The Morgan fingerprint density at radius 2 is 1.38 bits per heavy atom. The average molecular weight is 532 g/mol. The van der Waals surface area contributed by atoms with Crippen LogP contribution >= 0.6 is 0 Å². The van der Waals surface area contributed by atoms with E-state index in [9.17, 15) is 9.59 Å². The molecule has 0 unspecified atom stereocenters. The summed E-state index contributed by atoms with van der Waals surface area (Å²) in [4.78, 5) is 26.8. The van der Waals surface area contributed by atoms with Crippen molar-refractivity contribution < 1.29 is 19.1 Å². The van der Waals surface area contributed by atoms with Gasteiger partial charge in [0.15, 0.2) is 5.69 Å². The zero-order valence-electron chi connectivity index (χ0n) is 22.2. The Hall–Kier alpha value is -5.17. The van der Waals surface area contributed by atoms with Gasteiger partial charge in [0.2, 0.25) is 0 Å². The highest BCUT2D eigenvalue weighted by Crippen LogP contribution is 2.26. The Balaban J connectivity index is 1.42. The molecule has 0 fully saturated rings. The Kier molecular flexibility index (Phi) is 8.02. The predicted octanol–water partition coefficient (Wildman–Crippen LogP) is 6.12. The van der Waals surface area contributed by atoms with Gasteiger partial charge in [-0.2, -0.15) is 5.10 Å². The first-order chi connectivity index (χ1) is 19.5. The van der Waals surface area contributed by atoms with Crippen LogP contribution in [0, 0.1) is 0 Å². The Bertz CT molecular complexity index is 1590. The van der Waals surface area contributed by atoms with Gasteiger partial charge in [-0.25, -0.2) is 14.3 Å². The first-order valence-electron chi connectivity index (χ1n) is 12.9. The van der Waals surface area contributed by atoms with Gasteiger partial charge in [0, 0.05) is 24.2 Å². The second-order valence-electron chi connectivity index (χ2n) is 9.29. The van der Waals surface area contributed by atoms with Crippen LogP contribution in [0.5, 0.6) is 0 Å². The van der Waals surface area contributed by atoms with Gasteiger partial charge in [0.25, 0.3) is 0 Å². The first kappa shape index (κ1) is 26.4. The summed E-state index contributed by atoms with van der Waals surface area (Å²) in [6.45, 7) is 4.84. The zero-order chi connectivity index (χ0) is 27.9. The molecule has 0 spiro atoms. The highest BCUT2D eigenvalue weighted by atomic mass is 16.5. The standard InChI is InChI=1S/C33H29N3O4/c1-24(32(37)39-2)23-40-33(38)31-29-15-9-10-16-30(29)36(34-31)28-19-17-27(18-20-28)35(21-25-11-5-3-6-12-25)22-26-13-7-4-8-14-26/h3-20H,1,21-23H2,2H3. The molecule has 0 aliphatic carbocycles. The number of ether oxygens (including phenoxy) is 2. The summed E-state index contributed by atoms with van der Waals surface area (Å²) in [6, 6.07) is 36.3. The molecule has 7 nitrogen and oxygen atoms in total. The predicted molar refractivity (Wildman–Crippen MR) is 155 cm³/mol. The molecular formula is C33H29N3O4. The van der Waals surface area contributed by atoms with Crippen molar-refractivity contribution in [3.8, 4) is 5.69 Å². The van der Waals surface area contributed by atoms with E-state index in [-0.39, 0.29) is 17.9 Å². The highest BCUT2D eigenvalue weighted by Gasteiger charge is 2.21. The molecule has 0 aliphatic rings. The lowest BCUT2D eigenvalue weighted by Crippen LogP contribution is -2.22. The van der Waals surface area contributed by atoms with Crippen LogP contribution in [0.4, 0.5) is 5.69 Å². The summed E-state index contributed by atoms with van der Waals surface area (Å²) in [7, 11) is 1.25. The summed E-state index contributed by atoms with van der Waals surface area (Å²) >= 11 is 0. The van der Waals surface area contributed by atoms with Crippen LogP contribution in [0.25, 0.3) is 16.6 Å². The maximum atomic E-state index is 12.9. The number of rotatable bonds is 10. The number of hydrogen-bond donors (Lipinski definition) is 0. The van der Waals surface area contributed by atoms with E-state index in [0.717, 1.165) is 30.0 Å². The minimum atomic E-state index is -0.645. The molecule has 0 atom stereocenters. The third kappa shape index (κ3) is 5.94. The number of methoxy groups -OCH3 is 1. The lowest BCUT2D eigenvalue weighted by Gasteiger charge is -2.25. The van der Waals surface area contributed by atoms with Crippen molar-refractivity contribution in [2.45, 2.75) is 13.1 Å². The SMILES string of the molecule is C=C(COC(=O)c1nn(-c2ccc(N(Cc3ccccc3)Cc3ccccc3)cc2)c2ccccc12)C(=O)OC. The smallest absolute Gasteiger partial charge is 0.359 e. The van der Waals surface area contributed by atoms with E-state index in [1.54, 1.807) is 4.68 Å². The molecule has 0 N–H and O–H groups in total. The van der Waals surface area contributed by atoms with Gasteiger partial charge in [-0.15, -0.1) is 0 Å². The van der Waals surface area contributed by atoms with E-state index < -0.39 is 11.9 Å². The average Bonchev–Trinajstić information content (AvgIpc) is 3.40. The summed E-state index contributed by atoms with van der Waals surface area (Å²) in [5.41, 5.74) is 5.28. The van der Waals surface area contributed by atoms with Gasteiger partial charge >= 0.3 is 11.9 Å². The molecule has 200 valence electrons. The molecule has 1 heterocycles. The summed E-state index contributed by atoms with van der Waals surface area (Å²) in [6.07, 6.45) is 0. The van der Waals surface area contributed by atoms with E-state index in [4.69, 9.17) is 4.74 Å². The largest absolute Gasteiger partial charge is 0.466 e. The van der Waals surface area contributed by atoms with Crippen LogP contribution in [-0.2, 0) is 27.4 Å². The van der Waals surface area contributed by atoms with Crippen LogP contribution in [0.2, 0.25) is 0 Å². The topological polar surface area (TPSA) is 73.7 Å². The number of fused-ring (bicyclic) bond motifs is 1. The number of para-hydroxylation sites is 1. The fourth-order valence-corrected chi connectivity index (χ4v) is 4.49. The zero-order valence-corrected chi connectivity index (χ0v) is 22.2. The van der Waals surface area contributed by atoms with Gasteiger partial charge in [-0.05, 0) is 41.5 Å². The van der Waals surface area contributed by atoms with Crippen molar-refractivity contribution in [2.24, 2.45) is 0 Å². The van der Waals surface area contributed by atoms with Gasteiger partial charge in [0.05, 0.1) is 23.9 Å². The monoisotopic (exact) mass is 531 g/mol. The molecule has 5 rings (SSSR count). The molecule has 7 heteroatoms. The van der Waals surface area contributed by atoms with E-state index in [1.165, 1.54) is 18.2 Å². The van der Waals surface area contributed by atoms with E-state index in [1.807, 2.05) is 48.5 Å². The lowest BCUT2D eigenvalue weighted by atomic mass is 10.1. The minimum absolute atomic E-state index is 0.0470. The molecule has 0 bridgehead atoms. The molecule has 5 aromatic rings. The van der Waals surface area contributed by atoms with Gasteiger partial charge in [-0.3, -0.25) is 0 Å². The van der Waals surface area contributed by atoms with E-state index in [2.05, 4.69) is 82.0 Å². The summed E-state index contributed by atoms with van der Waals surface area (Å²) in [5, 5.41) is 5.24. The van der Waals surface area contributed by atoms with Crippen molar-refractivity contribution in [3.63, 3.8) is 0 Å². The number of carbonyl (C=O) groups excluding carboxylic acids is 2. The Morgan fingerprint density at radius 1 is 0.800 bits per heavy atom. The highest BCUT2D eigenvalue weighted by molar-refractivity contribution is 6.02. The van der Waals surface area contributed by atoms with Crippen molar-refractivity contribution >= 4 is 28.5 Å². The molecule has 0 saturated heterocycles. The van der Waals surface area contributed by atoms with Crippen molar-refractivity contribution in [1.82, 2.24) is 9.78 Å². The molecule has 0 amide bonds. The van der Waals surface area contributed by atoms with Crippen LogP contribution < -0.4 is 4.90 Å². The molecule has 40 heavy (non-hydrogen) atoms. The van der Waals surface area contributed by atoms with Crippen LogP contribution in [0.3, 0.4) is 0 Å². The van der Waals surface area contributed by atoms with Crippen LogP contribution in [0.15, 0.2) is 121 Å². The number of hydrogen-bond acceptors (Lipinski definition) is 6. The molecule has 0 radical (unpaired) electrons. The molecule has 1 aromatic heterocycles. The third-order valence-corrected chi connectivity index (χ3v) is 6.52. The fraction of sp³-hybridized carbons (Fsp3) is 0.121. The van der Waals surface area contributed by atoms with Crippen molar-refractivity contribution in [2.75, 3.05) is 18.6 Å². The second-order valence-corrected chi connectivity index (χ2v) is 9.29. The second kappa shape index (κ2) is 12.1. The molecular weight excluding hydrogens is 502 g/mol. The molecule has 0 aliphatic heterocycles. The Morgan fingerprint density at radius 3 is 1.98 bits per heavy atom. The van der Waals surface area contributed by atoms with Crippen molar-refractivity contribution in [1.29, 1.82) is 0 Å². The number of benzene rings is 4. The summed E-state index contributed by atoms with van der Waals surface area (Å²) in [5.74, 6) is -1.27. The normalized spacial score (nSPS) is 10.7. The van der Waals surface area contributed by atoms with Gasteiger partial charge < -0.3 is 14.4 Å². The van der Waals surface area contributed by atoms with Gasteiger partial charge in [0.1, 0.15) is 6.61 Å². The third-order valence-electron chi connectivity index (χ3n) is 6.52. The number of aromatic nitrogens is 2. The number of esters is 2. The minimum Gasteiger partial charge on any atom is -0.466 e. The van der Waals surface area contributed by atoms with Gasteiger partial charge in [-0.1, -0.05) is 85.4 Å². The number of anilines is 1. The maximum Gasteiger partial charge on any atom is 0.359 e. The molecule has 4 aromatic carbocycles. The maximum absolute atomic E-state index is 12.9. The van der Waals surface area contributed by atoms with Crippen LogP contribution in [0.1, 0.15) is 21.6 Å². The van der Waals surface area contributed by atoms with E-state index >= 15 is 0 Å². The first-order valence-corrected chi connectivity index (χ1v) is 12.9.